The Morgan fingerprint density at radius 3 is 2.64 bits per heavy atom. The predicted octanol–water partition coefficient (Wildman–Crippen LogP) is 3.18. The normalized spacial score (nSPS) is 11.6. The summed E-state index contributed by atoms with van der Waals surface area (Å²) in [5.74, 6) is 2.97. The third-order valence-corrected chi connectivity index (χ3v) is 5.38. The predicted molar refractivity (Wildman–Crippen MR) is 111 cm³/mol. The molecule has 3 rings (SSSR count). The lowest BCUT2D eigenvalue weighted by Crippen LogP contribution is -2.31. The van der Waals surface area contributed by atoms with Crippen molar-refractivity contribution < 1.29 is 4.79 Å². The highest BCUT2D eigenvalue weighted by atomic mass is 32.2. The van der Waals surface area contributed by atoms with Crippen molar-refractivity contribution in [1.82, 2.24) is 25.1 Å². The van der Waals surface area contributed by atoms with Crippen molar-refractivity contribution in [2.45, 2.75) is 31.2 Å². The third kappa shape index (κ3) is 4.24. The summed E-state index contributed by atoms with van der Waals surface area (Å²) in [7, 11) is 0. The monoisotopic (exact) mass is 391 g/mol. The van der Waals surface area contributed by atoms with E-state index >= 15 is 0 Å². The number of aryl methyl sites for hydroxylation is 2. The van der Waals surface area contributed by atoms with Crippen LogP contribution in [0.4, 0.5) is 0 Å². The van der Waals surface area contributed by atoms with Gasteiger partial charge >= 0.3 is 0 Å². The van der Waals surface area contributed by atoms with Crippen LogP contribution in [0.25, 0.3) is 17.1 Å². The lowest BCUT2D eigenvalue weighted by atomic mass is 10.1. The van der Waals surface area contributed by atoms with Gasteiger partial charge in [-0.25, -0.2) is 0 Å². The van der Waals surface area contributed by atoms with E-state index in [0.29, 0.717) is 11.0 Å². The molecule has 2 aromatic heterocycles. The lowest BCUT2D eigenvalue weighted by Gasteiger charge is -2.14. The minimum Gasteiger partial charge on any atom is -0.344 e. The minimum absolute atomic E-state index is 0.136. The summed E-state index contributed by atoms with van der Waals surface area (Å²) in [6, 6.07) is 9.97. The number of hydrogen-bond acceptors (Lipinski definition) is 5. The summed E-state index contributed by atoms with van der Waals surface area (Å²) >= 11 is 1.34. The summed E-state index contributed by atoms with van der Waals surface area (Å²) in [4.78, 5) is 16.3. The van der Waals surface area contributed by atoms with E-state index in [2.05, 4.69) is 52.4 Å². The van der Waals surface area contributed by atoms with Crippen molar-refractivity contribution in [2.75, 3.05) is 6.54 Å². The Hall–Kier alpha value is -3.11. The van der Waals surface area contributed by atoms with Crippen LogP contribution < -0.4 is 5.32 Å². The van der Waals surface area contributed by atoms with E-state index in [0.717, 1.165) is 11.3 Å². The number of nitrogens with zero attached hydrogens (tertiary/aromatic N) is 4. The van der Waals surface area contributed by atoms with Gasteiger partial charge in [-0.2, -0.15) is 0 Å². The van der Waals surface area contributed by atoms with Crippen LogP contribution in [0, 0.1) is 26.2 Å². The number of terminal acetylenes is 1. The highest BCUT2D eigenvalue weighted by Gasteiger charge is 2.21. The summed E-state index contributed by atoms with van der Waals surface area (Å²) in [6.45, 7) is 6.17. The Kier molecular flexibility index (Phi) is 6.12. The van der Waals surface area contributed by atoms with Crippen LogP contribution in [-0.4, -0.2) is 37.5 Å². The first-order chi connectivity index (χ1) is 13.5. The van der Waals surface area contributed by atoms with Crippen molar-refractivity contribution in [2.24, 2.45) is 0 Å². The topological polar surface area (TPSA) is 72.7 Å². The van der Waals surface area contributed by atoms with E-state index < -0.39 is 0 Å². The van der Waals surface area contributed by atoms with Crippen LogP contribution >= 0.6 is 11.8 Å². The molecule has 0 spiro atoms. The van der Waals surface area contributed by atoms with E-state index in [4.69, 9.17) is 6.42 Å². The zero-order valence-corrected chi connectivity index (χ0v) is 16.8. The first-order valence-corrected chi connectivity index (χ1v) is 9.70. The molecule has 2 heterocycles. The molecule has 6 nitrogen and oxygen atoms in total. The maximum Gasteiger partial charge on any atom is 0.234 e. The number of pyridine rings is 1. The van der Waals surface area contributed by atoms with Gasteiger partial charge in [-0.05, 0) is 56.2 Å². The number of rotatable bonds is 6. The molecule has 28 heavy (non-hydrogen) atoms. The molecule has 0 saturated carbocycles. The highest BCUT2D eigenvalue weighted by Crippen LogP contribution is 2.30. The minimum atomic E-state index is -0.367. The van der Waals surface area contributed by atoms with Crippen LogP contribution in [0.1, 0.15) is 18.1 Å². The largest absolute Gasteiger partial charge is 0.344 e. The summed E-state index contributed by atoms with van der Waals surface area (Å²) in [6.07, 6.45) is 8.66. The van der Waals surface area contributed by atoms with E-state index in [9.17, 15) is 4.79 Å². The average Bonchev–Trinajstić information content (AvgIpc) is 3.12. The lowest BCUT2D eigenvalue weighted by molar-refractivity contribution is -0.120. The highest BCUT2D eigenvalue weighted by molar-refractivity contribution is 8.00. The Morgan fingerprint density at radius 2 is 1.96 bits per heavy atom. The van der Waals surface area contributed by atoms with Crippen molar-refractivity contribution in [1.29, 1.82) is 0 Å². The summed E-state index contributed by atoms with van der Waals surface area (Å²) in [5.41, 5.74) is 4.22. The fourth-order valence-electron chi connectivity index (χ4n) is 2.63. The fourth-order valence-corrected chi connectivity index (χ4v) is 3.52. The van der Waals surface area contributed by atoms with Crippen molar-refractivity contribution in [3.8, 4) is 29.4 Å². The van der Waals surface area contributed by atoms with Gasteiger partial charge in [-0.1, -0.05) is 23.7 Å². The van der Waals surface area contributed by atoms with Crippen LogP contribution in [0.3, 0.4) is 0 Å². The molecule has 142 valence electrons. The molecule has 0 radical (unpaired) electrons. The Bertz CT molecular complexity index is 1020. The second-order valence-corrected chi connectivity index (χ2v) is 7.64. The molecule has 1 aromatic carbocycles. The molecule has 1 N–H and O–H groups in total. The van der Waals surface area contributed by atoms with Gasteiger partial charge in [0.05, 0.1) is 17.5 Å². The molecule has 0 aliphatic carbocycles. The third-order valence-electron chi connectivity index (χ3n) is 4.34. The van der Waals surface area contributed by atoms with Gasteiger partial charge in [0.1, 0.15) is 0 Å². The summed E-state index contributed by atoms with van der Waals surface area (Å²) in [5, 5.41) is 11.7. The molecule has 1 atom stereocenters. The zero-order chi connectivity index (χ0) is 20.1. The van der Waals surface area contributed by atoms with Crippen LogP contribution in [0.15, 0.2) is 47.9 Å². The Morgan fingerprint density at radius 1 is 1.21 bits per heavy atom. The van der Waals surface area contributed by atoms with Crippen molar-refractivity contribution in [3.05, 3.63) is 53.9 Å². The standard InChI is InChI=1S/C21H21N5OS/c1-5-10-23-20(27)16(4)28-21-25-24-19(17-8-11-22-12-9-17)26(21)18-7-6-14(2)15(3)13-18/h1,6-9,11-13,16H,10H2,2-4H3,(H,23,27). The van der Waals surface area contributed by atoms with Gasteiger partial charge < -0.3 is 5.32 Å². The van der Waals surface area contributed by atoms with Crippen LogP contribution in [0.5, 0.6) is 0 Å². The number of hydrogen-bond donors (Lipinski definition) is 1. The van der Waals surface area contributed by atoms with Gasteiger partial charge in [-0.15, -0.1) is 16.6 Å². The van der Waals surface area contributed by atoms with Gasteiger partial charge in [0.15, 0.2) is 11.0 Å². The maximum absolute atomic E-state index is 12.2. The number of carbonyl (C=O) groups is 1. The zero-order valence-electron chi connectivity index (χ0n) is 16.0. The number of thioether (sulfide) groups is 1. The number of benzene rings is 1. The molecule has 3 aromatic rings. The summed E-state index contributed by atoms with van der Waals surface area (Å²) < 4.78 is 1.97. The quantitative estimate of drug-likeness (QED) is 0.516. The van der Waals surface area contributed by atoms with Gasteiger partial charge in [0, 0.05) is 18.0 Å². The van der Waals surface area contributed by atoms with E-state index in [1.54, 1.807) is 12.4 Å². The van der Waals surface area contributed by atoms with Crippen molar-refractivity contribution in [3.63, 3.8) is 0 Å². The number of aromatic nitrogens is 4. The number of nitrogens with one attached hydrogen (secondary N) is 1. The van der Waals surface area contributed by atoms with Crippen LogP contribution in [-0.2, 0) is 4.79 Å². The molecule has 0 bridgehead atoms. The van der Waals surface area contributed by atoms with Gasteiger partial charge in [0.25, 0.3) is 0 Å². The SMILES string of the molecule is C#CCNC(=O)C(C)Sc1nnc(-c2ccncc2)n1-c1ccc(C)c(C)c1. The number of amides is 1. The molecular weight excluding hydrogens is 370 g/mol. The molecule has 0 fully saturated rings. The molecule has 7 heteroatoms. The average molecular weight is 392 g/mol. The maximum atomic E-state index is 12.2. The molecule has 0 aliphatic heterocycles. The molecule has 0 aliphatic rings. The van der Waals surface area contributed by atoms with Crippen molar-refractivity contribution >= 4 is 17.7 Å². The number of carbonyl (C=O) groups excluding carboxylic acids is 1. The first kappa shape index (κ1) is 19.6. The first-order valence-electron chi connectivity index (χ1n) is 8.82. The van der Waals surface area contributed by atoms with E-state index in [-0.39, 0.29) is 17.7 Å². The molecule has 0 saturated heterocycles. The Labute approximate surface area is 168 Å². The van der Waals surface area contributed by atoms with E-state index in [1.165, 1.54) is 22.9 Å². The molecule has 1 unspecified atom stereocenters. The fraction of sp³-hybridized carbons (Fsp3) is 0.238. The second-order valence-electron chi connectivity index (χ2n) is 6.33. The van der Waals surface area contributed by atoms with Gasteiger partial charge in [0.2, 0.25) is 5.91 Å². The van der Waals surface area contributed by atoms with E-state index in [1.807, 2.05) is 29.7 Å². The smallest absolute Gasteiger partial charge is 0.234 e. The molecular formula is C21H21N5OS. The Balaban J connectivity index is 2.03. The van der Waals surface area contributed by atoms with Gasteiger partial charge in [-0.3, -0.25) is 14.3 Å². The second kappa shape index (κ2) is 8.72. The van der Waals surface area contributed by atoms with Crippen LogP contribution in [0.2, 0.25) is 0 Å². The molecule has 1 amide bonds.